The Morgan fingerprint density at radius 3 is 2.39 bits per heavy atom. The smallest absolute Gasteiger partial charge is 0.261 e. The number of aryl methyl sites for hydroxylation is 1. The molecule has 2 aromatic rings. The first kappa shape index (κ1) is 25.0. The molecule has 0 saturated heterocycles. The molecule has 2 amide bonds. The fourth-order valence-corrected chi connectivity index (χ4v) is 3.42. The number of hydrogen-bond donors (Lipinski definition) is 1. The van der Waals surface area contributed by atoms with Crippen LogP contribution in [0.1, 0.15) is 44.7 Å². The lowest BCUT2D eigenvalue weighted by Gasteiger charge is -2.31. The number of benzene rings is 2. The molecule has 5 nitrogen and oxygen atoms in total. The first-order chi connectivity index (χ1) is 14.8. The van der Waals surface area contributed by atoms with Gasteiger partial charge in [0.1, 0.15) is 11.8 Å². The molecule has 0 unspecified atom stereocenters. The molecule has 7 heteroatoms. The maximum absolute atomic E-state index is 13.2. The van der Waals surface area contributed by atoms with E-state index in [1.54, 1.807) is 29.2 Å². The van der Waals surface area contributed by atoms with Crippen molar-refractivity contribution in [2.75, 3.05) is 6.61 Å². The Kier molecular flexibility index (Phi) is 9.66. The molecule has 0 radical (unpaired) electrons. The molecular formula is C24H30Cl2N2O3. The number of carbonyl (C=O) groups is 2. The predicted octanol–water partition coefficient (Wildman–Crippen LogP) is 5.40. The van der Waals surface area contributed by atoms with E-state index in [1.165, 1.54) is 0 Å². The van der Waals surface area contributed by atoms with Crippen molar-refractivity contribution in [1.29, 1.82) is 0 Å². The van der Waals surface area contributed by atoms with Crippen LogP contribution in [-0.2, 0) is 16.1 Å². The highest BCUT2D eigenvalue weighted by molar-refractivity contribution is 6.31. The second kappa shape index (κ2) is 12.0. The average molecular weight is 465 g/mol. The molecule has 0 aliphatic rings. The van der Waals surface area contributed by atoms with Gasteiger partial charge in [-0.1, -0.05) is 55.2 Å². The van der Waals surface area contributed by atoms with E-state index in [1.807, 2.05) is 45.9 Å². The zero-order chi connectivity index (χ0) is 23.0. The minimum atomic E-state index is -0.631. The number of amides is 2. The Morgan fingerprint density at radius 1 is 1.06 bits per heavy atom. The van der Waals surface area contributed by atoms with Crippen molar-refractivity contribution in [1.82, 2.24) is 10.2 Å². The minimum Gasteiger partial charge on any atom is -0.484 e. The number of nitrogens with one attached hydrogen (secondary N) is 1. The molecule has 0 fully saturated rings. The lowest BCUT2D eigenvalue weighted by molar-refractivity contribution is -0.143. The Morgan fingerprint density at radius 2 is 1.77 bits per heavy atom. The zero-order valence-corrected chi connectivity index (χ0v) is 20.0. The van der Waals surface area contributed by atoms with Crippen molar-refractivity contribution >= 4 is 35.0 Å². The lowest BCUT2D eigenvalue weighted by atomic mass is 10.1. The van der Waals surface area contributed by atoms with Gasteiger partial charge in [0.2, 0.25) is 5.91 Å². The predicted molar refractivity (Wildman–Crippen MR) is 126 cm³/mol. The van der Waals surface area contributed by atoms with Crippen LogP contribution in [0.3, 0.4) is 0 Å². The summed E-state index contributed by atoms with van der Waals surface area (Å²) >= 11 is 12.4. The summed E-state index contributed by atoms with van der Waals surface area (Å²) in [6.07, 6.45) is 1.28. The van der Waals surface area contributed by atoms with Gasteiger partial charge in [-0.3, -0.25) is 9.59 Å². The van der Waals surface area contributed by atoms with Crippen LogP contribution in [0.4, 0.5) is 0 Å². The number of rotatable bonds is 10. The van der Waals surface area contributed by atoms with E-state index in [-0.39, 0.29) is 31.0 Å². The number of halogens is 2. The maximum atomic E-state index is 13.2. The van der Waals surface area contributed by atoms with Gasteiger partial charge in [-0.15, -0.1) is 0 Å². The van der Waals surface area contributed by atoms with Crippen molar-refractivity contribution in [2.24, 2.45) is 0 Å². The van der Waals surface area contributed by atoms with Gasteiger partial charge in [0.25, 0.3) is 5.91 Å². The number of ether oxygens (including phenoxy) is 1. The molecular weight excluding hydrogens is 435 g/mol. The molecule has 1 N–H and O–H groups in total. The highest BCUT2D eigenvalue weighted by Gasteiger charge is 2.30. The summed E-state index contributed by atoms with van der Waals surface area (Å²) in [6, 6.07) is 11.9. The van der Waals surface area contributed by atoms with Gasteiger partial charge in [0, 0.05) is 22.6 Å². The van der Waals surface area contributed by atoms with Crippen LogP contribution in [0.15, 0.2) is 42.5 Å². The quantitative estimate of drug-likeness (QED) is 0.511. The molecule has 2 rings (SSSR count). The van der Waals surface area contributed by atoms with Gasteiger partial charge >= 0.3 is 0 Å². The van der Waals surface area contributed by atoms with Crippen molar-refractivity contribution in [3.63, 3.8) is 0 Å². The maximum Gasteiger partial charge on any atom is 0.261 e. The number of hydrogen-bond acceptors (Lipinski definition) is 3. The fourth-order valence-electron chi connectivity index (χ4n) is 3.11. The molecule has 0 bridgehead atoms. The molecule has 2 aromatic carbocycles. The fraction of sp³-hybridized carbons (Fsp3) is 0.417. The van der Waals surface area contributed by atoms with Gasteiger partial charge in [-0.2, -0.15) is 0 Å². The first-order valence-corrected chi connectivity index (χ1v) is 11.2. The van der Waals surface area contributed by atoms with E-state index < -0.39 is 6.04 Å². The van der Waals surface area contributed by atoms with E-state index in [0.29, 0.717) is 22.2 Å². The van der Waals surface area contributed by atoms with Gasteiger partial charge < -0.3 is 15.0 Å². The SMILES string of the molecule is CC[C@@H](C)NC(=O)[C@@H](CC)N(Cc1ccccc1Cl)C(=O)COc1ccc(Cl)c(C)c1. The molecule has 2 atom stereocenters. The topological polar surface area (TPSA) is 58.6 Å². The Balaban J connectivity index is 2.24. The van der Waals surface area contributed by atoms with Crippen LogP contribution in [0.25, 0.3) is 0 Å². The molecule has 0 aromatic heterocycles. The number of carbonyl (C=O) groups excluding carboxylic acids is 2. The van der Waals surface area contributed by atoms with Crippen LogP contribution >= 0.6 is 23.2 Å². The van der Waals surface area contributed by atoms with Gasteiger partial charge in [0.15, 0.2) is 6.61 Å². The second-order valence-electron chi connectivity index (χ2n) is 7.55. The largest absolute Gasteiger partial charge is 0.484 e. The molecule has 0 saturated carbocycles. The molecule has 31 heavy (non-hydrogen) atoms. The Labute approximate surface area is 194 Å². The molecule has 0 aliphatic carbocycles. The third-order valence-electron chi connectivity index (χ3n) is 5.18. The van der Waals surface area contributed by atoms with Gasteiger partial charge in [0.05, 0.1) is 0 Å². The van der Waals surface area contributed by atoms with E-state index in [9.17, 15) is 9.59 Å². The van der Waals surface area contributed by atoms with E-state index in [0.717, 1.165) is 17.5 Å². The Hall–Kier alpha value is -2.24. The molecule has 0 aliphatic heterocycles. The van der Waals surface area contributed by atoms with Crippen LogP contribution in [-0.4, -0.2) is 35.4 Å². The van der Waals surface area contributed by atoms with Crippen molar-refractivity contribution in [3.05, 3.63) is 63.6 Å². The monoisotopic (exact) mass is 464 g/mol. The summed E-state index contributed by atoms with van der Waals surface area (Å²) in [7, 11) is 0. The normalized spacial score (nSPS) is 12.7. The second-order valence-corrected chi connectivity index (χ2v) is 8.37. The van der Waals surface area contributed by atoms with E-state index in [2.05, 4.69) is 5.32 Å². The Bertz CT molecular complexity index is 904. The molecule has 168 valence electrons. The van der Waals surface area contributed by atoms with Crippen molar-refractivity contribution < 1.29 is 14.3 Å². The van der Waals surface area contributed by atoms with Crippen LogP contribution in [0, 0.1) is 6.92 Å². The van der Waals surface area contributed by atoms with Gasteiger partial charge in [-0.05, 0) is 62.1 Å². The third-order valence-corrected chi connectivity index (χ3v) is 5.97. The summed E-state index contributed by atoms with van der Waals surface area (Å²) in [5, 5.41) is 4.16. The first-order valence-electron chi connectivity index (χ1n) is 10.5. The minimum absolute atomic E-state index is 0.0205. The standard InChI is InChI=1S/C24H30Cl2N2O3/c1-5-17(4)27-24(30)22(6-2)28(14-18-9-7-8-10-21(18)26)23(29)15-31-19-11-12-20(25)16(3)13-19/h7-13,17,22H,5-6,14-15H2,1-4H3,(H,27,30)/t17-,22-/m1/s1. The van der Waals surface area contributed by atoms with Crippen LogP contribution in [0.2, 0.25) is 10.0 Å². The molecule has 0 heterocycles. The molecule has 0 spiro atoms. The zero-order valence-electron chi connectivity index (χ0n) is 18.5. The third kappa shape index (κ3) is 7.15. The average Bonchev–Trinajstić information content (AvgIpc) is 2.75. The van der Waals surface area contributed by atoms with E-state index >= 15 is 0 Å². The lowest BCUT2D eigenvalue weighted by Crippen LogP contribution is -2.51. The van der Waals surface area contributed by atoms with Gasteiger partial charge in [-0.25, -0.2) is 0 Å². The van der Waals surface area contributed by atoms with E-state index in [4.69, 9.17) is 27.9 Å². The highest BCUT2D eigenvalue weighted by Crippen LogP contribution is 2.22. The summed E-state index contributed by atoms with van der Waals surface area (Å²) < 4.78 is 5.71. The van der Waals surface area contributed by atoms with Crippen molar-refractivity contribution in [3.8, 4) is 5.75 Å². The van der Waals surface area contributed by atoms with Crippen LogP contribution in [0.5, 0.6) is 5.75 Å². The summed E-state index contributed by atoms with van der Waals surface area (Å²) in [5.74, 6) is 0.0725. The summed E-state index contributed by atoms with van der Waals surface area (Å²) in [6.45, 7) is 7.72. The highest BCUT2D eigenvalue weighted by atomic mass is 35.5. The summed E-state index contributed by atoms with van der Waals surface area (Å²) in [5.41, 5.74) is 1.63. The number of nitrogens with zero attached hydrogens (tertiary/aromatic N) is 1. The summed E-state index contributed by atoms with van der Waals surface area (Å²) in [4.78, 5) is 27.7. The van der Waals surface area contributed by atoms with Crippen molar-refractivity contribution in [2.45, 2.75) is 59.2 Å². The van der Waals surface area contributed by atoms with Crippen LogP contribution < -0.4 is 10.1 Å².